The zero-order chi connectivity index (χ0) is 13.1. The summed E-state index contributed by atoms with van der Waals surface area (Å²) in [5.41, 5.74) is 8.31. The first-order chi connectivity index (χ1) is 8.61. The quantitative estimate of drug-likeness (QED) is 0.649. The number of anilines is 2. The zero-order valence-corrected chi connectivity index (χ0v) is 9.90. The molecule has 0 atom stereocenters. The van der Waals surface area contributed by atoms with Gasteiger partial charge in [-0.3, -0.25) is 9.89 Å². The smallest absolute Gasteiger partial charge is 0.278 e. The first-order valence-corrected chi connectivity index (χ1v) is 5.43. The molecule has 2 aromatic rings. The molecule has 6 nitrogen and oxygen atoms in total. The number of nitrogens with zero attached hydrogens (tertiary/aromatic N) is 1. The van der Waals surface area contributed by atoms with Gasteiger partial charge < -0.3 is 16.2 Å². The molecular weight excluding hydrogens is 232 g/mol. The van der Waals surface area contributed by atoms with E-state index in [4.69, 9.17) is 10.8 Å². The van der Waals surface area contributed by atoms with Crippen LogP contribution in [0, 0.1) is 6.92 Å². The molecule has 0 aliphatic rings. The number of nitrogens with one attached hydrogen (secondary N) is 2. The second-order valence-corrected chi connectivity index (χ2v) is 3.92. The molecule has 1 aromatic heterocycles. The zero-order valence-electron chi connectivity index (χ0n) is 9.90. The van der Waals surface area contributed by atoms with Crippen LogP contribution in [0.5, 0.6) is 0 Å². The Bertz CT molecular complexity index is 560. The van der Waals surface area contributed by atoms with Gasteiger partial charge in [0, 0.05) is 5.69 Å². The van der Waals surface area contributed by atoms with Crippen molar-refractivity contribution in [1.29, 1.82) is 0 Å². The lowest BCUT2D eigenvalue weighted by Gasteiger charge is -2.04. The highest BCUT2D eigenvalue weighted by atomic mass is 16.3. The summed E-state index contributed by atoms with van der Waals surface area (Å²) in [6, 6.07) is 6.88. The lowest BCUT2D eigenvalue weighted by Crippen LogP contribution is -2.14. The Morgan fingerprint density at radius 1 is 1.44 bits per heavy atom. The van der Waals surface area contributed by atoms with Crippen LogP contribution in [0.1, 0.15) is 21.7 Å². The van der Waals surface area contributed by atoms with Crippen molar-refractivity contribution in [1.82, 2.24) is 10.2 Å². The van der Waals surface area contributed by atoms with Crippen LogP contribution >= 0.6 is 0 Å². The van der Waals surface area contributed by atoms with E-state index in [0.29, 0.717) is 17.1 Å². The minimum absolute atomic E-state index is 0.0280. The molecule has 0 saturated carbocycles. The number of aryl methyl sites for hydroxylation is 1. The Morgan fingerprint density at radius 3 is 2.61 bits per heavy atom. The average Bonchev–Trinajstić information content (AvgIpc) is 2.71. The summed E-state index contributed by atoms with van der Waals surface area (Å²) in [6.07, 6.45) is 0. The topological polar surface area (TPSA) is 104 Å². The van der Waals surface area contributed by atoms with Gasteiger partial charge in [-0.2, -0.15) is 5.10 Å². The van der Waals surface area contributed by atoms with Crippen LogP contribution in [0.4, 0.5) is 11.4 Å². The Kier molecular flexibility index (Phi) is 3.29. The van der Waals surface area contributed by atoms with Crippen LogP contribution in [0.15, 0.2) is 24.3 Å². The lowest BCUT2D eigenvalue weighted by molar-refractivity contribution is 0.102. The van der Waals surface area contributed by atoms with Gasteiger partial charge in [-0.15, -0.1) is 0 Å². The molecule has 0 radical (unpaired) electrons. The third-order valence-electron chi connectivity index (χ3n) is 2.60. The molecule has 0 unspecified atom stereocenters. The molecule has 1 amide bonds. The molecule has 1 heterocycles. The predicted molar refractivity (Wildman–Crippen MR) is 68.1 cm³/mol. The molecule has 0 saturated heterocycles. The third-order valence-corrected chi connectivity index (χ3v) is 2.60. The number of hydrogen-bond acceptors (Lipinski definition) is 4. The van der Waals surface area contributed by atoms with Gasteiger partial charge in [0.15, 0.2) is 5.69 Å². The molecule has 0 aliphatic carbocycles. The molecule has 18 heavy (non-hydrogen) atoms. The number of carbonyl (C=O) groups excluding carboxylic acids is 1. The van der Waals surface area contributed by atoms with Crippen LogP contribution in [-0.4, -0.2) is 21.2 Å². The maximum absolute atomic E-state index is 11.9. The fourth-order valence-corrected chi connectivity index (χ4v) is 1.49. The average molecular weight is 246 g/mol. The second-order valence-electron chi connectivity index (χ2n) is 3.92. The summed E-state index contributed by atoms with van der Waals surface area (Å²) in [6.45, 7) is 1.72. The maximum atomic E-state index is 11.9. The lowest BCUT2D eigenvalue weighted by atomic mass is 10.2. The number of benzene rings is 1. The first kappa shape index (κ1) is 12.1. The normalized spacial score (nSPS) is 10.3. The molecular formula is C12H14N4O2. The Balaban J connectivity index is 2.13. The van der Waals surface area contributed by atoms with Crippen LogP contribution in [-0.2, 0) is 6.61 Å². The highest BCUT2D eigenvalue weighted by molar-refractivity contribution is 6.06. The van der Waals surface area contributed by atoms with Crippen molar-refractivity contribution in [3.05, 3.63) is 41.2 Å². The van der Waals surface area contributed by atoms with Gasteiger partial charge >= 0.3 is 0 Å². The van der Waals surface area contributed by atoms with Gasteiger partial charge in [-0.05, 0) is 24.6 Å². The standard InChI is InChI=1S/C12H14N4O2/c1-7-10(13)11(16-15-7)12(18)14-9-4-2-8(6-17)3-5-9/h2-5,17H,6,13H2,1H3,(H,14,18)(H,15,16). The highest BCUT2D eigenvalue weighted by Gasteiger charge is 2.15. The predicted octanol–water partition coefficient (Wildman–Crippen LogP) is 1.04. The number of nitrogens with two attached hydrogens (primary N) is 1. The number of hydrogen-bond donors (Lipinski definition) is 4. The number of aliphatic hydroxyl groups excluding tert-OH is 1. The molecule has 2 rings (SSSR count). The van der Waals surface area contributed by atoms with Gasteiger partial charge in [0.25, 0.3) is 5.91 Å². The summed E-state index contributed by atoms with van der Waals surface area (Å²) in [5.74, 6) is -0.367. The van der Waals surface area contributed by atoms with Gasteiger partial charge in [-0.1, -0.05) is 12.1 Å². The van der Waals surface area contributed by atoms with Gasteiger partial charge in [0.1, 0.15) is 0 Å². The van der Waals surface area contributed by atoms with E-state index in [-0.39, 0.29) is 18.2 Å². The van der Waals surface area contributed by atoms with Crippen molar-refractivity contribution in [2.24, 2.45) is 0 Å². The summed E-state index contributed by atoms with van der Waals surface area (Å²) in [5, 5.41) is 18.1. The minimum atomic E-state index is -0.367. The van der Waals surface area contributed by atoms with E-state index >= 15 is 0 Å². The summed E-state index contributed by atoms with van der Waals surface area (Å²) in [7, 11) is 0. The number of aliphatic hydroxyl groups is 1. The van der Waals surface area contributed by atoms with Crippen molar-refractivity contribution in [2.75, 3.05) is 11.1 Å². The first-order valence-electron chi connectivity index (χ1n) is 5.43. The van der Waals surface area contributed by atoms with Crippen molar-refractivity contribution in [2.45, 2.75) is 13.5 Å². The SMILES string of the molecule is Cc1[nH]nc(C(=O)Nc2ccc(CO)cc2)c1N. The van der Waals surface area contributed by atoms with E-state index < -0.39 is 0 Å². The van der Waals surface area contributed by atoms with Gasteiger partial charge in [-0.25, -0.2) is 0 Å². The number of rotatable bonds is 3. The van der Waals surface area contributed by atoms with E-state index in [1.54, 1.807) is 31.2 Å². The number of aromatic amines is 1. The summed E-state index contributed by atoms with van der Waals surface area (Å²) in [4.78, 5) is 11.9. The number of H-pyrrole nitrogens is 1. The summed E-state index contributed by atoms with van der Waals surface area (Å²) >= 11 is 0. The fraction of sp³-hybridized carbons (Fsp3) is 0.167. The third kappa shape index (κ3) is 2.33. The second kappa shape index (κ2) is 4.89. The molecule has 5 N–H and O–H groups in total. The van der Waals surface area contributed by atoms with Crippen LogP contribution in [0.25, 0.3) is 0 Å². The van der Waals surface area contributed by atoms with E-state index in [2.05, 4.69) is 15.5 Å². The highest BCUT2D eigenvalue weighted by Crippen LogP contribution is 2.15. The van der Waals surface area contributed by atoms with Crippen LogP contribution in [0.3, 0.4) is 0 Å². The maximum Gasteiger partial charge on any atom is 0.278 e. The monoisotopic (exact) mass is 246 g/mol. The molecule has 6 heteroatoms. The Labute approximate surface area is 104 Å². The fourth-order valence-electron chi connectivity index (χ4n) is 1.49. The van der Waals surface area contributed by atoms with Gasteiger partial charge in [0.05, 0.1) is 18.0 Å². The molecule has 0 fully saturated rings. The van der Waals surface area contributed by atoms with Crippen molar-refractivity contribution >= 4 is 17.3 Å². The Hall–Kier alpha value is -2.34. The van der Waals surface area contributed by atoms with Crippen molar-refractivity contribution < 1.29 is 9.90 Å². The minimum Gasteiger partial charge on any atom is -0.395 e. The van der Waals surface area contributed by atoms with Gasteiger partial charge in [0.2, 0.25) is 0 Å². The van der Waals surface area contributed by atoms with Crippen LogP contribution in [0.2, 0.25) is 0 Å². The molecule has 94 valence electrons. The molecule has 0 spiro atoms. The van der Waals surface area contributed by atoms with Crippen molar-refractivity contribution in [3.63, 3.8) is 0 Å². The number of nitrogen functional groups attached to an aromatic ring is 1. The molecule has 1 aromatic carbocycles. The van der Waals surface area contributed by atoms with E-state index in [1.165, 1.54) is 0 Å². The Morgan fingerprint density at radius 2 is 2.11 bits per heavy atom. The molecule has 0 bridgehead atoms. The van der Waals surface area contributed by atoms with E-state index in [0.717, 1.165) is 5.56 Å². The largest absolute Gasteiger partial charge is 0.395 e. The summed E-state index contributed by atoms with van der Waals surface area (Å²) < 4.78 is 0. The van der Waals surface area contributed by atoms with E-state index in [9.17, 15) is 4.79 Å². The number of aromatic nitrogens is 2. The van der Waals surface area contributed by atoms with Crippen LogP contribution < -0.4 is 11.1 Å². The molecule has 0 aliphatic heterocycles. The number of carbonyl (C=O) groups is 1. The van der Waals surface area contributed by atoms with E-state index in [1.807, 2.05) is 0 Å². The van der Waals surface area contributed by atoms with Crippen molar-refractivity contribution in [3.8, 4) is 0 Å². The number of amides is 1.